The van der Waals surface area contributed by atoms with Crippen LogP contribution >= 0.6 is 0 Å². The molecule has 3 N–H and O–H groups in total. The van der Waals surface area contributed by atoms with Gasteiger partial charge in [0.05, 0.1) is 12.2 Å². The summed E-state index contributed by atoms with van der Waals surface area (Å²) in [4.78, 5) is 4.28. The van der Waals surface area contributed by atoms with E-state index in [4.69, 9.17) is 5.84 Å². The third-order valence-electron chi connectivity index (χ3n) is 2.85. The molecular formula is C11H19N7. The largest absolute Gasteiger partial charge is 0.275 e. The number of aromatic nitrogens is 5. The highest BCUT2D eigenvalue weighted by Gasteiger charge is 2.15. The summed E-state index contributed by atoms with van der Waals surface area (Å²) in [5.74, 6) is 6.54. The van der Waals surface area contributed by atoms with E-state index < -0.39 is 0 Å². The molecule has 0 bridgehead atoms. The van der Waals surface area contributed by atoms with Crippen molar-refractivity contribution in [3.05, 3.63) is 30.1 Å². The number of hydrogen-bond acceptors (Lipinski definition) is 5. The Balaban J connectivity index is 2.12. The van der Waals surface area contributed by atoms with Crippen LogP contribution in [-0.2, 0) is 20.0 Å². The molecule has 2 aromatic rings. The van der Waals surface area contributed by atoms with E-state index in [9.17, 15) is 0 Å². The van der Waals surface area contributed by atoms with Crippen LogP contribution in [0.25, 0.3) is 0 Å². The third-order valence-corrected chi connectivity index (χ3v) is 2.85. The van der Waals surface area contributed by atoms with E-state index in [2.05, 4.69) is 27.5 Å². The van der Waals surface area contributed by atoms with Gasteiger partial charge >= 0.3 is 0 Å². The molecule has 0 fully saturated rings. The Hall–Kier alpha value is -1.73. The second-order valence-electron chi connectivity index (χ2n) is 4.27. The smallest absolute Gasteiger partial charge is 0.138 e. The van der Waals surface area contributed by atoms with E-state index in [1.165, 1.54) is 0 Å². The zero-order valence-corrected chi connectivity index (χ0v) is 10.7. The summed E-state index contributed by atoms with van der Waals surface area (Å²) < 4.78 is 3.68. The van der Waals surface area contributed by atoms with E-state index >= 15 is 0 Å². The monoisotopic (exact) mass is 249 g/mol. The molecule has 0 saturated carbocycles. The summed E-state index contributed by atoms with van der Waals surface area (Å²) in [6.45, 7) is 2.99. The Morgan fingerprint density at radius 2 is 2.28 bits per heavy atom. The molecule has 0 amide bonds. The highest BCUT2D eigenvalue weighted by Crippen LogP contribution is 2.15. The fourth-order valence-corrected chi connectivity index (χ4v) is 1.92. The standard InChI is InChI=1S/C11H19N7/c1-3-4-18-11(13-8-15-18)5-10(16-12)9-6-14-17(2)7-9/h6-8,10,16H,3-5,12H2,1-2H3. The number of nitrogens with zero attached hydrogens (tertiary/aromatic N) is 5. The predicted molar refractivity (Wildman–Crippen MR) is 67.3 cm³/mol. The van der Waals surface area contributed by atoms with Crippen LogP contribution in [0.15, 0.2) is 18.7 Å². The summed E-state index contributed by atoms with van der Waals surface area (Å²) in [7, 11) is 1.89. The number of hydrogen-bond donors (Lipinski definition) is 2. The zero-order chi connectivity index (χ0) is 13.0. The first-order valence-electron chi connectivity index (χ1n) is 6.06. The first-order chi connectivity index (χ1) is 8.74. The first kappa shape index (κ1) is 12.7. The van der Waals surface area contributed by atoms with Crippen molar-refractivity contribution in [1.82, 2.24) is 30.0 Å². The molecule has 1 unspecified atom stereocenters. The van der Waals surface area contributed by atoms with Crippen LogP contribution in [0.1, 0.15) is 30.8 Å². The Morgan fingerprint density at radius 1 is 1.44 bits per heavy atom. The van der Waals surface area contributed by atoms with Gasteiger partial charge < -0.3 is 0 Å². The second-order valence-corrected chi connectivity index (χ2v) is 4.27. The van der Waals surface area contributed by atoms with Crippen LogP contribution in [0.2, 0.25) is 0 Å². The molecule has 2 aromatic heterocycles. The fraction of sp³-hybridized carbons (Fsp3) is 0.545. The minimum absolute atomic E-state index is 0.00138. The maximum atomic E-state index is 5.61. The predicted octanol–water partition coefficient (Wildman–Crippen LogP) is 0.169. The van der Waals surface area contributed by atoms with Crippen molar-refractivity contribution >= 4 is 0 Å². The second kappa shape index (κ2) is 5.74. The first-order valence-corrected chi connectivity index (χ1v) is 6.06. The summed E-state index contributed by atoms with van der Waals surface area (Å²) in [6.07, 6.45) is 7.07. The van der Waals surface area contributed by atoms with Crippen molar-refractivity contribution in [2.45, 2.75) is 32.4 Å². The van der Waals surface area contributed by atoms with Gasteiger partial charge in [-0.15, -0.1) is 0 Å². The molecule has 7 heteroatoms. The van der Waals surface area contributed by atoms with Gasteiger partial charge in [0.1, 0.15) is 12.2 Å². The highest BCUT2D eigenvalue weighted by molar-refractivity contribution is 5.12. The molecule has 98 valence electrons. The van der Waals surface area contributed by atoms with Gasteiger partial charge in [-0.3, -0.25) is 20.6 Å². The lowest BCUT2D eigenvalue weighted by Gasteiger charge is -2.14. The van der Waals surface area contributed by atoms with Crippen LogP contribution < -0.4 is 11.3 Å². The molecule has 2 heterocycles. The SMILES string of the molecule is CCCn1ncnc1CC(NN)c1cnn(C)c1. The number of nitrogens with one attached hydrogen (secondary N) is 1. The third kappa shape index (κ3) is 2.74. The molecular weight excluding hydrogens is 230 g/mol. The molecule has 0 saturated heterocycles. The fourth-order valence-electron chi connectivity index (χ4n) is 1.92. The quantitative estimate of drug-likeness (QED) is 0.563. The van der Waals surface area contributed by atoms with Crippen LogP contribution in [0.5, 0.6) is 0 Å². The number of hydrazine groups is 1. The normalized spacial score (nSPS) is 12.8. The number of rotatable bonds is 6. The van der Waals surface area contributed by atoms with E-state index in [1.807, 2.05) is 24.1 Å². The van der Waals surface area contributed by atoms with Crippen molar-refractivity contribution in [3.63, 3.8) is 0 Å². The van der Waals surface area contributed by atoms with Crippen LogP contribution in [0, 0.1) is 0 Å². The Kier molecular flexibility index (Phi) is 4.06. The average molecular weight is 249 g/mol. The van der Waals surface area contributed by atoms with Crippen LogP contribution in [0.3, 0.4) is 0 Å². The molecule has 2 rings (SSSR count). The van der Waals surface area contributed by atoms with Gasteiger partial charge in [0, 0.05) is 31.8 Å². The Labute approximate surface area is 106 Å². The highest BCUT2D eigenvalue weighted by atomic mass is 15.3. The molecule has 0 radical (unpaired) electrons. The molecule has 0 aromatic carbocycles. The van der Waals surface area contributed by atoms with Gasteiger partial charge in [-0.2, -0.15) is 10.2 Å². The topological polar surface area (TPSA) is 86.6 Å². The van der Waals surface area contributed by atoms with Crippen LogP contribution in [0.4, 0.5) is 0 Å². The molecule has 0 spiro atoms. The lowest BCUT2D eigenvalue weighted by molar-refractivity contribution is 0.499. The van der Waals surface area contributed by atoms with E-state index in [1.54, 1.807) is 11.0 Å². The van der Waals surface area contributed by atoms with Gasteiger partial charge in [0.2, 0.25) is 0 Å². The molecule has 0 aliphatic heterocycles. The van der Waals surface area contributed by atoms with E-state index in [-0.39, 0.29) is 6.04 Å². The minimum Gasteiger partial charge on any atom is -0.275 e. The summed E-state index contributed by atoms with van der Waals surface area (Å²) in [5.41, 5.74) is 3.85. The number of nitrogens with two attached hydrogens (primary N) is 1. The molecule has 18 heavy (non-hydrogen) atoms. The zero-order valence-electron chi connectivity index (χ0n) is 10.7. The summed E-state index contributed by atoms with van der Waals surface area (Å²) in [6, 6.07) is -0.00138. The summed E-state index contributed by atoms with van der Waals surface area (Å²) in [5, 5.41) is 8.36. The van der Waals surface area contributed by atoms with Gasteiger partial charge in [-0.1, -0.05) is 6.92 Å². The lowest BCUT2D eigenvalue weighted by Crippen LogP contribution is -2.30. The molecule has 0 aliphatic rings. The van der Waals surface area contributed by atoms with Gasteiger partial charge in [0.15, 0.2) is 0 Å². The van der Waals surface area contributed by atoms with Crippen molar-refractivity contribution in [1.29, 1.82) is 0 Å². The average Bonchev–Trinajstić information content (AvgIpc) is 2.96. The minimum atomic E-state index is -0.00138. The van der Waals surface area contributed by atoms with Crippen molar-refractivity contribution in [2.24, 2.45) is 12.9 Å². The summed E-state index contributed by atoms with van der Waals surface area (Å²) >= 11 is 0. The van der Waals surface area contributed by atoms with Gasteiger partial charge in [0.25, 0.3) is 0 Å². The molecule has 0 aliphatic carbocycles. The van der Waals surface area contributed by atoms with Crippen molar-refractivity contribution in [3.8, 4) is 0 Å². The lowest BCUT2D eigenvalue weighted by atomic mass is 10.1. The van der Waals surface area contributed by atoms with Crippen molar-refractivity contribution < 1.29 is 0 Å². The van der Waals surface area contributed by atoms with E-state index in [0.717, 1.165) is 24.4 Å². The van der Waals surface area contributed by atoms with Gasteiger partial charge in [-0.05, 0) is 6.42 Å². The molecule has 1 atom stereocenters. The Bertz CT molecular complexity index is 487. The number of aryl methyl sites for hydroxylation is 2. The van der Waals surface area contributed by atoms with E-state index in [0.29, 0.717) is 6.42 Å². The molecule has 7 nitrogen and oxygen atoms in total. The van der Waals surface area contributed by atoms with Crippen molar-refractivity contribution in [2.75, 3.05) is 0 Å². The Morgan fingerprint density at radius 3 is 2.89 bits per heavy atom. The van der Waals surface area contributed by atoms with Crippen LogP contribution in [-0.4, -0.2) is 24.5 Å². The maximum absolute atomic E-state index is 5.61. The van der Waals surface area contributed by atoms with Gasteiger partial charge in [-0.25, -0.2) is 4.98 Å². The maximum Gasteiger partial charge on any atom is 0.138 e.